The summed E-state index contributed by atoms with van der Waals surface area (Å²) in [7, 11) is 0. The van der Waals surface area contributed by atoms with Crippen molar-refractivity contribution in [2.45, 2.75) is 6.42 Å². The molecule has 2 radical (unpaired) electrons. The van der Waals surface area contributed by atoms with Gasteiger partial charge in [-0.1, -0.05) is 24.3 Å². The summed E-state index contributed by atoms with van der Waals surface area (Å²) in [4.78, 5) is 10.9. The van der Waals surface area contributed by atoms with E-state index in [0.717, 1.165) is 11.1 Å². The van der Waals surface area contributed by atoms with E-state index in [1.165, 1.54) is 0 Å². The summed E-state index contributed by atoms with van der Waals surface area (Å²) in [5, 5.41) is 2.55. The number of amides is 1. The van der Waals surface area contributed by atoms with Gasteiger partial charge in [-0.15, -0.1) is 0 Å². The normalized spacial score (nSPS) is 15.5. The van der Waals surface area contributed by atoms with Crippen LogP contribution < -0.4 is 5.32 Å². The second kappa shape index (κ2) is 2.38. The molecule has 0 aromatic heterocycles. The zero-order chi connectivity index (χ0) is 7.68. The average Bonchev–Trinajstić information content (AvgIpc) is 2.04. The van der Waals surface area contributed by atoms with Crippen LogP contribution in [0.2, 0.25) is 0 Å². The van der Waals surface area contributed by atoms with Gasteiger partial charge in [-0.2, -0.15) is 0 Å². The Labute approximate surface area is 65.2 Å². The van der Waals surface area contributed by atoms with E-state index >= 15 is 0 Å². The summed E-state index contributed by atoms with van der Waals surface area (Å²) in [5.41, 5.74) is 2.04. The fraction of sp³-hybridized carbons (Fsp3) is 0.111. The van der Waals surface area contributed by atoms with Crippen molar-refractivity contribution in [1.82, 2.24) is 5.32 Å². The quantitative estimate of drug-likeness (QED) is 0.573. The highest BCUT2D eigenvalue weighted by Crippen LogP contribution is 2.13. The molecule has 0 aliphatic carbocycles. The minimum Gasteiger partial charge on any atom is -0.341 e. The summed E-state index contributed by atoms with van der Waals surface area (Å²) in [6, 6.07) is 7.75. The first-order chi connectivity index (χ1) is 5.36. The van der Waals surface area contributed by atoms with Crippen LogP contribution in [0, 0.1) is 6.54 Å². The van der Waals surface area contributed by atoms with Crippen molar-refractivity contribution in [3.05, 3.63) is 41.9 Å². The SMILES string of the molecule is O=C1Cc2ccccc2[C]N1. The molecule has 1 aromatic rings. The van der Waals surface area contributed by atoms with Crippen LogP contribution in [0.5, 0.6) is 0 Å². The van der Waals surface area contributed by atoms with Crippen molar-refractivity contribution in [2.75, 3.05) is 0 Å². The first kappa shape index (κ1) is 6.40. The molecule has 1 aliphatic rings. The Hall–Kier alpha value is -1.31. The summed E-state index contributed by atoms with van der Waals surface area (Å²) in [6.07, 6.45) is 0.475. The third-order valence-electron chi connectivity index (χ3n) is 1.70. The third-order valence-corrected chi connectivity index (χ3v) is 1.70. The van der Waals surface area contributed by atoms with E-state index in [2.05, 4.69) is 11.9 Å². The molecule has 2 nitrogen and oxygen atoms in total. The van der Waals surface area contributed by atoms with Crippen LogP contribution in [0.4, 0.5) is 0 Å². The molecule has 0 fully saturated rings. The average molecular weight is 145 g/mol. The number of hydrogen-bond acceptors (Lipinski definition) is 1. The van der Waals surface area contributed by atoms with Gasteiger partial charge in [0.05, 0.1) is 6.42 Å². The van der Waals surface area contributed by atoms with E-state index in [9.17, 15) is 4.79 Å². The van der Waals surface area contributed by atoms with E-state index in [4.69, 9.17) is 0 Å². The molecule has 1 N–H and O–H groups in total. The lowest BCUT2D eigenvalue weighted by Gasteiger charge is -2.13. The van der Waals surface area contributed by atoms with E-state index < -0.39 is 0 Å². The molecule has 0 spiro atoms. The summed E-state index contributed by atoms with van der Waals surface area (Å²) < 4.78 is 0. The lowest BCUT2D eigenvalue weighted by molar-refractivity contribution is -0.120. The van der Waals surface area contributed by atoms with Crippen molar-refractivity contribution in [2.24, 2.45) is 0 Å². The van der Waals surface area contributed by atoms with Crippen molar-refractivity contribution in [3.63, 3.8) is 0 Å². The molecule has 1 amide bonds. The van der Waals surface area contributed by atoms with Gasteiger partial charge >= 0.3 is 0 Å². The molecule has 11 heavy (non-hydrogen) atoms. The zero-order valence-corrected chi connectivity index (χ0v) is 5.92. The first-order valence-electron chi connectivity index (χ1n) is 3.49. The predicted octanol–water partition coefficient (Wildman–Crippen LogP) is 0.746. The Morgan fingerprint density at radius 2 is 2.18 bits per heavy atom. The second-order valence-electron chi connectivity index (χ2n) is 2.51. The number of fused-ring (bicyclic) bond motifs is 1. The molecule has 0 saturated carbocycles. The Balaban J connectivity index is 2.41. The smallest absolute Gasteiger partial charge is 0.225 e. The first-order valence-corrected chi connectivity index (χ1v) is 3.49. The molecule has 0 unspecified atom stereocenters. The molecule has 0 saturated heterocycles. The Kier molecular flexibility index (Phi) is 1.39. The molecule has 2 rings (SSSR count). The molecule has 1 aromatic carbocycles. The van der Waals surface area contributed by atoms with Crippen molar-refractivity contribution < 1.29 is 4.79 Å². The van der Waals surface area contributed by atoms with Crippen LogP contribution in [-0.4, -0.2) is 5.91 Å². The van der Waals surface area contributed by atoms with E-state index in [0.29, 0.717) is 6.42 Å². The third kappa shape index (κ3) is 1.11. The predicted molar refractivity (Wildman–Crippen MR) is 40.6 cm³/mol. The van der Waals surface area contributed by atoms with E-state index in [1.807, 2.05) is 24.3 Å². The van der Waals surface area contributed by atoms with Gasteiger partial charge in [-0.25, -0.2) is 0 Å². The number of rotatable bonds is 0. The van der Waals surface area contributed by atoms with Crippen LogP contribution in [0.25, 0.3) is 0 Å². The second-order valence-corrected chi connectivity index (χ2v) is 2.51. The highest BCUT2D eigenvalue weighted by Gasteiger charge is 2.13. The minimum absolute atomic E-state index is 0.0173. The lowest BCUT2D eigenvalue weighted by atomic mass is 10.0. The van der Waals surface area contributed by atoms with Crippen molar-refractivity contribution in [1.29, 1.82) is 0 Å². The highest BCUT2D eigenvalue weighted by atomic mass is 16.1. The van der Waals surface area contributed by atoms with Crippen molar-refractivity contribution in [3.8, 4) is 0 Å². The van der Waals surface area contributed by atoms with E-state index in [1.54, 1.807) is 0 Å². The van der Waals surface area contributed by atoms with Gasteiger partial charge < -0.3 is 5.32 Å². The maximum absolute atomic E-state index is 10.9. The summed E-state index contributed by atoms with van der Waals surface area (Å²) >= 11 is 0. The molecule has 1 heterocycles. The maximum atomic E-state index is 10.9. The van der Waals surface area contributed by atoms with Gasteiger partial charge in [0, 0.05) is 0 Å². The molecular formula is C9H7NO. The number of benzene rings is 1. The molecular weight excluding hydrogens is 138 g/mol. The van der Waals surface area contributed by atoms with E-state index in [-0.39, 0.29) is 5.91 Å². The van der Waals surface area contributed by atoms with Crippen LogP contribution in [0.3, 0.4) is 0 Å². The Morgan fingerprint density at radius 3 is 3.09 bits per heavy atom. The number of nitrogens with one attached hydrogen (secondary N) is 1. The van der Waals surface area contributed by atoms with Gasteiger partial charge in [-0.3, -0.25) is 4.79 Å². The fourth-order valence-electron chi connectivity index (χ4n) is 1.15. The largest absolute Gasteiger partial charge is 0.341 e. The summed E-state index contributed by atoms with van der Waals surface area (Å²) in [6.45, 7) is 2.81. The number of hydrogen-bond donors (Lipinski definition) is 1. The molecule has 1 aliphatic heterocycles. The zero-order valence-electron chi connectivity index (χ0n) is 5.92. The highest BCUT2D eigenvalue weighted by molar-refractivity contribution is 5.82. The number of carbonyl (C=O) groups excluding carboxylic acids is 1. The fourth-order valence-corrected chi connectivity index (χ4v) is 1.15. The topological polar surface area (TPSA) is 29.1 Å². The summed E-state index contributed by atoms with van der Waals surface area (Å²) in [5.74, 6) is 0.0173. The lowest BCUT2D eigenvalue weighted by Crippen LogP contribution is -2.28. The van der Waals surface area contributed by atoms with Crippen molar-refractivity contribution >= 4 is 5.91 Å². The molecule has 0 atom stereocenters. The standard InChI is InChI=1S/C9H7NO/c11-9-5-7-3-1-2-4-8(7)6-10-9/h1-4H,5H2,(H,10,11). The van der Waals surface area contributed by atoms with Gasteiger partial charge in [-0.05, 0) is 11.1 Å². The van der Waals surface area contributed by atoms with Crippen LogP contribution in [0.15, 0.2) is 24.3 Å². The Bertz CT molecular complexity index is 293. The minimum atomic E-state index is 0.0173. The molecule has 0 bridgehead atoms. The molecule has 2 heteroatoms. The van der Waals surface area contributed by atoms with Crippen LogP contribution in [-0.2, 0) is 11.2 Å². The maximum Gasteiger partial charge on any atom is 0.225 e. The number of carbonyl (C=O) groups is 1. The van der Waals surface area contributed by atoms with Gasteiger partial charge in [0.15, 0.2) is 0 Å². The monoisotopic (exact) mass is 145 g/mol. The molecule has 54 valence electrons. The van der Waals surface area contributed by atoms with Crippen LogP contribution in [0.1, 0.15) is 11.1 Å². The Morgan fingerprint density at radius 1 is 1.36 bits per heavy atom. The van der Waals surface area contributed by atoms with Crippen LogP contribution >= 0.6 is 0 Å². The van der Waals surface area contributed by atoms with Gasteiger partial charge in [0.1, 0.15) is 6.54 Å². The van der Waals surface area contributed by atoms with Gasteiger partial charge in [0.25, 0.3) is 0 Å². The van der Waals surface area contributed by atoms with Gasteiger partial charge in [0.2, 0.25) is 5.91 Å².